The van der Waals surface area contributed by atoms with Crippen molar-refractivity contribution in [3.05, 3.63) is 12.2 Å². The molecule has 1 rings (SSSR count). The van der Waals surface area contributed by atoms with E-state index in [-0.39, 0.29) is 0 Å². The molecule has 0 spiro atoms. The Morgan fingerprint density at radius 1 is 1.55 bits per heavy atom. The molecule has 0 amide bonds. The van der Waals surface area contributed by atoms with Crippen LogP contribution in [0, 0.1) is 5.92 Å². The van der Waals surface area contributed by atoms with Crippen LogP contribution in [0.15, 0.2) is 12.2 Å². The largest absolute Gasteiger partial charge is 0.123 e. The van der Waals surface area contributed by atoms with E-state index in [4.69, 9.17) is 11.6 Å². The number of allylic oxidation sites excluding steroid dienone is 1. The summed E-state index contributed by atoms with van der Waals surface area (Å²) < 4.78 is 0. The van der Waals surface area contributed by atoms with Crippen LogP contribution >= 0.6 is 11.6 Å². The summed E-state index contributed by atoms with van der Waals surface area (Å²) in [4.78, 5) is 0. The second kappa shape index (κ2) is 4.15. The zero-order valence-corrected chi connectivity index (χ0v) is 8.03. The number of hydrogen-bond acceptors (Lipinski definition) is 0. The van der Waals surface area contributed by atoms with Gasteiger partial charge in [0.15, 0.2) is 0 Å². The summed E-state index contributed by atoms with van der Waals surface area (Å²) in [6.07, 6.45) is 6.07. The zero-order chi connectivity index (χ0) is 8.27. The van der Waals surface area contributed by atoms with Crippen molar-refractivity contribution < 1.29 is 0 Å². The van der Waals surface area contributed by atoms with Gasteiger partial charge in [0.05, 0.1) is 0 Å². The standard InChI is InChI=1S/C10H17Cl/c1-3-8(2)6-9-4-5-10(11)7-9/h9-10H,2-7H2,1H3. The Kier molecular flexibility index (Phi) is 3.45. The normalized spacial score (nSPS) is 30.7. The molecule has 11 heavy (non-hydrogen) atoms. The molecule has 1 heteroatoms. The molecule has 1 saturated carbocycles. The highest BCUT2D eigenvalue weighted by Gasteiger charge is 2.22. The molecule has 2 unspecified atom stereocenters. The van der Waals surface area contributed by atoms with Gasteiger partial charge in [0, 0.05) is 5.38 Å². The third-order valence-electron chi connectivity index (χ3n) is 2.55. The van der Waals surface area contributed by atoms with Crippen LogP contribution in [0.4, 0.5) is 0 Å². The molecule has 0 aromatic carbocycles. The maximum atomic E-state index is 6.00. The van der Waals surface area contributed by atoms with Gasteiger partial charge in [-0.25, -0.2) is 0 Å². The quantitative estimate of drug-likeness (QED) is 0.449. The molecule has 0 bridgehead atoms. The number of rotatable bonds is 3. The molecular formula is C10H17Cl. The summed E-state index contributed by atoms with van der Waals surface area (Å²) in [7, 11) is 0. The lowest BCUT2D eigenvalue weighted by Gasteiger charge is -2.09. The van der Waals surface area contributed by atoms with Crippen molar-refractivity contribution in [2.24, 2.45) is 5.92 Å². The van der Waals surface area contributed by atoms with Crippen LogP contribution in [0.25, 0.3) is 0 Å². The molecule has 0 aromatic rings. The van der Waals surface area contributed by atoms with Crippen LogP contribution in [0.2, 0.25) is 0 Å². The third-order valence-corrected chi connectivity index (χ3v) is 2.95. The SMILES string of the molecule is C=C(CC)CC1CCC(Cl)C1. The molecule has 0 aromatic heterocycles. The average molecular weight is 173 g/mol. The second-order valence-corrected chi connectivity index (χ2v) is 4.20. The van der Waals surface area contributed by atoms with Crippen molar-refractivity contribution in [1.82, 2.24) is 0 Å². The van der Waals surface area contributed by atoms with E-state index in [0.29, 0.717) is 5.38 Å². The first kappa shape index (κ1) is 9.12. The topological polar surface area (TPSA) is 0 Å². The van der Waals surface area contributed by atoms with Gasteiger partial charge in [0.25, 0.3) is 0 Å². The van der Waals surface area contributed by atoms with E-state index < -0.39 is 0 Å². The summed E-state index contributed by atoms with van der Waals surface area (Å²) in [5.41, 5.74) is 1.39. The molecule has 1 aliphatic rings. The monoisotopic (exact) mass is 172 g/mol. The van der Waals surface area contributed by atoms with Crippen molar-refractivity contribution in [1.29, 1.82) is 0 Å². The van der Waals surface area contributed by atoms with E-state index in [2.05, 4.69) is 13.5 Å². The van der Waals surface area contributed by atoms with E-state index >= 15 is 0 Å². The molecule has 0 saturated heterocycles. The van der Waals surface area contributed by atoms with Gasteiger partial charge in [-0.15, -0.1) is 11.6 Å². The summed E-state index contributed by atoms with van der Waals surface area (Å²) in [6, 6.07) is 0. The predicted molar refractivity (Wildman–Crippen MR) is 51.0 cm³/mol. The van der Waals surface area contributed by atoms with E-state index in [1.165, 1.54) is 31.3 Å². The molecule has 0 heterocycles. The first-order valence-corrected chi connectivity index (χ1v) is 4.96. The molecule has 0 nitrogen and oxygen atoms in total. The maximum Gasteiger partial charge on any atom is 0.0338 e. The van der Waals surface area contributed by atoms with Crippen LogP contribution in [0.3, 0.4) is 0 Å². The number of alkyl halides is 1. The Morgan fingerprint density at radius 3 is 2.73 bits per heavy atom. The molecule has 0 radical (unpaired) electrons. The van der Waals surface area contributed by atoms with Gasteiger partial charge in [0.1, 0.15) is 0 Å². The molecule has 0 aliphatic heterocycles. The van der Waals surface area contributed by atoms with Gasteiger partial charge < -0.3 is 0 Å². The lowest BCUT2D eigenvalue weighted by atomic mass is 9.98. The van der Waals surface area contributed by atoms with Gasteiger partial charge in [0.2, 0.25) is 0 Å². The zero-order valence-electron chi connectivity index (χ0n) is 7.28. The summed E-state index contributed by atoms with van der Waals surface area (Å²) >= 11 is 6.00. The van der Waals surface area contributed by atoms with Crippen LogP contribution in [0.1, 0.15) is 39.0 Å². The first-order valence-electron chi connectivity index (χ1n) is 4.53. The fourth-order valence-electron chi connectivity index (χ4n) is 1.75. The second-order valence-electron chi connectivity index (χ2n) is 3.58. The summed E-state index contributed by atoms with van der Waals surface area (Å²) in [5.74, 6) is 0.838. The molecule has 2 atom stereocenters. The minimum Gasteiger partial charge on any atom is -0.123 e. The van der Waals surface area contributed by atoms with Crippen LogP contribution < -0.4 is 0 Å². The average Bonchev–Trinajstić information content (AvgIpc) is 2.35. The van der Waals surface area contributed by atoms with Crippen LogP contribution in [-0.2, 0) is 0 Å². The summed E-state index contributed by atoms with van der Waals surface area (Å²) in [5, 5.41) is 0.449. The highest BCUT2D eigenvalue weighted by Crippen LogP contribution is 2.33. The Morgan fingerprint density at radius 2 is 2.27 bits per heavy atom. The van der Waals surface area contributed by atoms with E-state index in [9.17, 15) is 0 Å². The van der Waals surface area contributed by atoms with Crippen molar-refractivity contribution in [3.63, 3.8) is 0 Å². The lowest BCUT2D eigenvalue weighted by molar-refractivity contribution is 0.538. The fourth-order valence-corrected chi connectivity index (χ4v) is 2.13. The van der Waals surface area contributed by atoms with E-state index in [1.807, 2.05) is 0 Å². The highest BCUT2D eigenvalue weighted by molar-refractivity contribution is 6.20. The van der Waals surface area contributed by atoms with Crippen molar-refractivity contribution in [3.8, 4) is 0 Å². The smallest absolute Gasteiger partial charge is 0.0338 e. The van der Waals surface area contributed by atoms with Gasteiger partial charge in [-0.3, -0.25) is 0 Å². The molecule has 1 aliphatic carbocycles. The third kappa shape index (κ3) is 2.86. The molecule has 1 fully saturated rings. The highest BCUT2D eigenvalue weighted by atomic mass is 35.5. The minimum absolute atomic E-state index is 0.449. The maximum absolute atomic E-state index is 6.00. The Bertz CT molecular complexity index is 140. The van der Waals surface area contributed by atoms with Crippen molar-refractivity contribution in [2.45, 2.75) is 44.4 Å². The Labute approximate surface area is 74.6 Å². The first-order chi connectivity index (χ1) is 5.22. The van der Waals surface area contributed by atoms with E-state index in [0.717, 1.165) is 12.3 Å². The van der Waals surface area contributed by atoms with Gasteiger partial charge in [-0.1, -0.05) is 19.1 Å². The van der Waals surface area contributed by atoms with E-state index in [1.54, 1.807) is 0 Å². The van der Waals surface area contributed by atoms with Gasteiger partial charge in [-0.05, 0) is 38.0 Å². The predicted octanol–water partition coefficient (Wildman–Crippen LogP) is 3.75. The Hall–Kier alpha value is 0.0300. The lowest BCUT2D eigenvalue weighted by Crippen LogP contribution is -1.96. The minimum atomic E-state index is 0.449. The molecule has 64 valence electrons. The van der Waals surface area contributed by atoms with Crippen molar-refractivity contribution >= 4 is 11.6 Å². The Balaban J connectivity index is 2.23. The van der Waals surface area contributed by atoms with Crippen molar-refractivity contribution in [2.75, 3.05) is 0 Å². The fraction of sp³-hybridized carbons (Fsp3) is 0.800. The molecule has 0 N–H and O–H groups in total. The number of halogens is 1. The molecular weight excluding hydrogens is 156 g/mol. The number of hydrogen-bond donors (Lipinski definition) is 0. The van der Waals surface area contributed by atoms with Crippen LogP contribution in [-0.4, -0.2) is 5.38 Å². The summed E-state index contributed by atoms with van der Waals surface area (Å²) in [6.45, 7) is 6.19. The van der Waals surface area contributed by atoms with Crippen LogP contribution in [0.5, 0.6) is 0 Å². The van der Waals surface area contributed by atoms with Gasteiger partial charge >= 0.3 is 0 Å². The van der Waals surface area contributed by atoms with Gasteiger partial charge in [-0.2, -0.15) is 0 Å².